The van der Waals surface area contributed by atoms with Crippen molar-refractivity contribution in [3.63, 3.8) is 0 Å². The second kappa shape index (κ2) is 6.69. The van der Waals surface area contributed by atoms with Crippen molar-refractivity contribution in [3.8, 4) is 0 Å². The summed E-state index contributed by atoms with van der Waals surface area (Å²) in [6, 6.07) is 9.76. The Hall–Kier alpha value is -0.900. The molecule has 0 radical (unpaired) electrons. The van der Waals surface area contributed by atoms with Crippen molar-refractivity contribution in [2.24, 2.45) is 5.92 Å². The summed E-state index contributed by atoms with van der Waals surface area (Å²) >= 11 is 0. The van der Waals surface area contributed by atoms with Gasteiger partial charge in [-0.25, -0.2) is 0 Å². The number of hydrogen-bond donors (Lipinski definition) is 0. The molecule has 120 valence electrons. The van der Waals surface area contributed by atoms with Crippen LogP contribution in [0.5, 0.6) is 0 Å². The molecule has 0 amide bonds. The van der Waals surface area contributed by atoms with Crippen LogP contribution in [0.3, 0.4) is 0 Å². The van der Waals surface area contributed by atoms with Gasteiger partial charge in [0.2, 0.25) is 0 Å². The number of hydrogen-bond acceptors (Lipinski definition) is 3. The van der Waals surface area contributed by atoms with E-state index >= 15 is 0 Å². The van der Waals surface area contributed by atoms with Crippen molar-refractivity contribution in [2.45, 2.75) is 31.7 Å². The standard InChI is InChI=1S/C19H28N2O/c1-2-5-18-13-19(12-17(18)4-1)21-8-3-7-20(9-10-21)14-16-6-11-22-15-16/h1-2,4-5,16,19H,3,6-15H2/t16-/m1/s1. The maximum absolute atomic E-state index is 5.53. The molecule has 0 spiro atoms. The number of ether oxygens (including phenoxy) is 1. The second-order valence-electron chi connectivity index (χ2n) is 7.25. The summed E-state index contributed by atoms with van der Waals surface area (Å²) in [4.78, 5) is 5.44. The van der Waals surface area contributed by atoms with Gasteiger partial charge in [0.25, 0.3) is 0 Å². The highest BCUT2D eigenvalue weighted by Crippen LogP contribution is 2.26. The highest BCUT2D eigenvalue weighted by atomic mass is 16.5. The zero-order valence-electron chi connectivity index (χ0n) is 13.5. The molecular weight excluding hydrogens is 272 g/mol. The highest BCUT2D eigenvalue weighted by molar-refractivity contribution is 5.33. The Kier molecular flexibility index (Phi) is 4.47. The van der Waals surface area contributed by atoms with Gasteiger partial charge in [-0.3, -0.25) is 4.90 Å². The first-order chi connectivity index (χ1) is 10.9. The van der Waals surface area contributed by atoms with E-state index in [1.165, 1.54) is 58.4 Å². The molecule has 0 saturated carbocycles. The summed E-state index contributed by atoms with van der Waals surface area (Å²) < 4.78 is 5.53. The van der Waals surface area contributed by atoms with Crippen LogP contribution in [0.15, 0.2) is 24.3 Å². The normalized spacial score (nSPS) is 27.9. The fraction of sp³-hybridized carbons (Fsp3) is 0.684. The lowest BCUT2D eigenvalue weighted by Gasteiger charge is -2.28. The topological polar surface area (TPSA) is 15.7 Å². The molecule has 2 aliphatic heterocycles. The van der Waals surface area contributed by atoms with Crippen LogP contribution in [-0.2, 0) is 17.6 Å². The first-order valence-electron chi connectivity index (χ1n) is 8.99. The van der Waals surface area contributed by atoms with Gasteiger partial charge in [0.1, 0.15) is 0 Å². The molecule has 1 aromatic rings. The average Bonchev–Trinajstić information content (AvgIpc) is 3.13. The maximum atomic E-state index is 5.53. The smallest absolute Gasteiger partial charge is 0.0507 e. The van der Waals surface area contributed by atoms with E-state index in [4.69, 9.17) is 4.74 Å². The Balaban J connectivity index is 1.31. The summed E-state index contributed by atoms with van der Waals surface area (Å²) in [7, 11) is 0. The Morgan fingerprint density at radius 2 is 1.82 bits per heavy atom. The molecule has 3 aliphatic rings. The molecule has 2 fully saturated rings. The van der Waals surface area contributed by atoms with E-state index in [1.54, 1.807) is 11.1 Å². The number of rotatable bonds is 3. The molecule has 0 aromatic heterocycles. The van der Waals surface area contributed by atoms with Gasteiger partial charge in [-0.15, -0.1) is 0 Å². The van der Waals surface area contributed by atoms with Crippen LogP contribution in [0, 0.1) is 5.92 Å². The largest absolute Gasteiger partial charge is 0.381 e. The maximum Gasteiger partial charge on any atom is 0.0507 e. The molecule has 1 atom stereocenters. The van der Waals surface area contributed by atoms with Crippen molar-refractivity contribution < 1.29 is 4.74 Å². The Bertz CT molecular complexity index is 473. The van der Waals surface area contributed by atoms with E-state index in [-0.39, 0.29) is 0 Å². The number of benzene rings is 1. The van der Waals surface area contributed by atoms with Crippen LogP contribution in [0.2, 0.25) is 0 Å². The quantitative estimate of drug-likeness (QED) is 0.851. The zero-order chi connectivity index (χ0) is 14.8. The van der Waals surface area contributed by atoms with Crippen LogP contribution in [0.1, 0.15) is 24.0 Å². The number of fused-ring (bicyclic) bond motifs is 1. The van der Waals surface area contributed by atoms with Gasteiger partial charge in [0, 0.05) is 32.3 Å². The molecule has 0 bridgehead atoms. The molecule has 1 aliphatic carbocycles. The molecule has 4 rings (SSSR count). The van der Waals surface area contributed by atoms with Gasteiger partial charge >= 0.3 is 0 Å². The van der Waals surface area contributed by atoms with Crippen LogP contribution in [0.25, 0.3) is 0 Å². The van der Waals surface area contributed by atoms with Gasteiger partial charge in [0.05, 0.1) is 6.61 Å². The highest BCUT2D eigenvalue weighted by Gasteiger charge is 2.28. The molecule has 3 heteroatoms. The van der Waals surface area contributed by atoms with Gasteiger partial charge < -0.3 is 9.64 Å². The molecule has 0 unspecified atom stereocenters. The van der Waals surface area contributed by atoms with E-state index < -0.39 is 0 Å². The lowest BCUT2D eigenvalue weighted by molar-refractivity contribution is 0.164. The average molecular weight is 300 g/mol. The molecule has 3 nitrogen and oxygen atoms in total. The van der Waals surface area contributed by atoms with Crippen molar-refractivity contribution in [2.75, 3.05) is 45.9 Å². The third-order valence-electron chi connectivity index (χ3n) is 5.71. The van der Waals surface area contributed by atoms with Crippen LogP contribution in [-0.4, -0.2) is 61.8 Å². The third kappa shape index (κ3) is 3.22. The van der Waals surface area contributed by atoms with Crippen molar-refractivity contribution in [1.82, 2.24) is 9.80 Å². The van der Waals surface area contributed by atoms with Gasteiger partial charge in [0.15, 0.2) is 0 Å². The fourth-order valence-corrected chi connectivity index (χ4v) is 4.42. The molecule has 0 N–H and O–H groups in total. The van der Waals surface area contributed by atoms with Crippen LogP contribution in [0.4, 0.5) is 0 Å². The summed E-state index contributed by atoms with van der Waals surface area (Å²) in [5.74, 6) is 0.780. The minimum absolute atomic E-state index is 0.743. The van der Waals surface area contributed by atoms with Gasteiger partial charge in [-0.05, 0) is 55.8 Å². The summed E-state index contributed by atoms with van der Waals surface area (Å²) in [6.07, 6.45) is 5.10. The molecule has 22 heavy (non-hydrogen) atoms. The summed E-state index contributed by atoms with van der Waals surface area (Å²) in [5.41, 5.74) is 3.16. The zero-order valence-corrected chi connectivity index (χ0v) is 13.5. The Labute approximate surface area is 134 Å². The number of nitrogens with zero attached hydrogens (tertiary/aromatic N) is 2. The molecule has 2 saturated heterocycles. The minimum atomic E-state index is 0.743. The van der Waals surface area contributed by atoms with E-state index in [0.717, 1.165) is 25.2 Å². The fourth-order valence-electron chi connectivity index (χ4n) is 4.42. The predicted molar refractivity (Wildman–Crippen MR) is 89.2 cm³/mol. The van der Waals surface area contributed by atoms with Crippen LogP contribution < -0.4 is 0 Å². The predicted octanol–water partition coefficient (Wildman–Crippen LogP) is 2.20. The van der Waals surface area contributed by atoms with Gasteiger partial charge in [-0.2, -0.15) is 0 Å². The first-order valence-corrected chi connectivity index (χ1v) is 8.99. The molecule has 1 aromatic carbocycles. The third-order valence-corrected chi connectivity index (χ3v) is 5.71. The summed E-state index contributed by atoms with van der Waals surface area (Å²) in [6.45, 7) is 8.24. The SMILES string of the molecule is c1ccc2c(c1)CC(N1CCCN(C[C@H]3CCOC3)CC1)C2. The molecule has 2 heterocycles. The van der Waals surface area contributed by atoms with Gasteiger partial charge in [-0.1, -0.05) is 24.3 Å². The first kappa shape index (κ1) is 14.7. The lowest BCUT2D eigenvalue weighted by atomic mass is 10.1. The van der Waals surface area contributed by atoms with E-state index in [2.05, 4.69) is 34.1 Å². The summed E-state index contributed by atoms with van der Waals surface area (Å²) in [5, 5.41) is 0. The van der Waals surface area contributed by atoms with Crippen LogP contribution >= 0.6 is 0 Å². The van der Waals surface area contributed by atoms with E-state index in [1.807, 2.05) is 0 Å². The van der Waals surface area contributed by atoms with Crippen molar-refractivity contribution in [3.05, 3.63) is 35.4 Å². The lowest BCUT2D eigenvalue weighted by Crippen LogP contribution is -2.39. The van der Waals surface area contributed by atoms with E-state index in [0.29, 0.717) is 0 Å². The van der Waals surface area contributed by atoms with Crippen molar-refractivity contribution >= 4 is 0 Å². The minimum Gasteiger partial charge on any atom is -0.381 e. The second-order valence-corrected chi connectivity index (χ2v) is 7.25. The monoisotopic (exact) mass is 300 g/mol. The van der Waals surface area contributed by atoms with Crippen molar-refractivity contribution in [1.29, 1.82) is 0 Å². The molecular formula is C19H28N2O. The van der Waals surface area contributed by atoms with E-state index in [9.17, 15) is 0 Å². The Morgan fingerprint density at radius 1 is 1.00 bits per heavy atom. The Morgan fingerprint density at radius 3 is 2.55 bits per heavy atom.